The zero-order chi connectivity index (χ0) is 15.0. The molecular weight excluding hydrogens is 350 g/mol. The Hall–Kier alpha value is -1.52. The van der Waals surface area contributed by atoms with Crippen LogP contribution in [-0.2, 0) is 0 Å². The van der Waals surface area contributed by atoms with Gasteiger partial charge in [0.2, 0.25) is 0 Å². The highest BCUT2D eigenvalue weighted by atomic mass is 79.9. The molecule has 0 fully saturated rings. The minimum absolute atomic E-state index is 0.0827. The van der Waals surface area contributed by atoms with Crippen molar-refractivity contribution in [3.63, 3.8) is 0 Å². The van der Waals surface area contributed by atoms with E-state index in [0.29, 0.717) is 17.5 Å². The molecule has 0 saturated carbocycles. The predicted octanol–water partition coefficient (Wildman–Crippen LogP) is 4.29. The van der Waals surface area contributed by atoms with Crippen LogP contribution in [0.4, 0.5) is 5.69 Å². The van der Waals surface area contributed by atoms with Gasteiger partial charge >= 0.3 is 0 Å². The molecule has 1 heterocycles. The molecule has 0 radical (unpaired) electrons. The van der Waals surface area contributed by atoms with E-state index in [9.17, 15) is 0 Å². The van der Waals surface area contributed by atoms with Crippen LogP contribution in [-0.4, -0.2) is 12.5 Å². The first-order valence-electron chi connectivity index (χ1n) is 6.67. The number of halogens is 2. The Labute approximate surface area is 137 Å². The van der Waals surface area contributed by atoms with E-state index in [0.717, 1.165) is 15.7 Å². The fourth-order valence-corrected chi connectivity index (χ4v) is 3.47. The number of hydrogen-bond donors (Lipinski definition) is 1. The lowest BCUT2D eigenvalue weighted by molar-refractivity contribution is 0.765. The summed E-state index contributed by atoms with van der Waals surface area (Å²) in [6.45, 7) is 2.71. The molecule has 21 heavy (non-hydrogen) atoms. The first-order valence-corrected chi connectivity index (χ1v) is 7.84. The molecule has 2 aromatic rings. The number of rotatable bonds is 2. The van der Waals surface area contributed by atoms with E-state index in [1.165, 1.54) is 5.56 Å². The van der Waals surface area contributed by atoms with Crippen molar-refractivity contribution in [3.05, 3.63) is 63.1 Å². The molecular formula is C16H15BrClN3. The molecule has 0 spiro atoms. The summed E-state index contributed by atoms with van der Waals surface area (Å²) < 4.78 is 0.974. The molecule has 1 atom stereocenters. The molecule has 1 aliphatic heterocycles. The van der Waals surface area contributed by atoms with Gasteiger partial charge in [0.1, 0.15) is 0 Å². The third kappa shape index (κ3) is 2.78. The molecule has 5 heteroatoms. The molecule has 3 nitrogen and oxygen atoms in total. The van der Waals surface area contributed by atoms with Crippen molar-refractivity contribution in [1.29, 1.82) is 0 Å². The second kappa shape index (κ2) is 5.70. The van der Waals surface area contributed by atoms with Gasteiger partial charge in [-0.05, 0) is 36.8 Å². The average molecular weight is 365 g/mol. The topological polar surface area (TPSA) is 41.6 Å². The van der Waals surface area contributed by atoms with Crippen LogP contribution in [0.3, 0.4) is 0 Å². The number of benzene rings is 2. The summed E-state index contributed by atoms with van der Waals surface area (Å²) >= 11 is 9.61. The maximum absolute atomic E-state index is 6.09. The van der Waals surface area contributed by atoms with Crippen LogP contribution in [0.2, 0.25) is 5.02 Å². The number of aliphatic imine (C=N–C) groups is 1. The zero-order valence-electron chi connectivity index (χ0n) is 11.6. The van der Waals surface area contributed by atoms with Crippen molar-refractivity contribution in [1.82, 2.24) is 0 Å². The van der Waals surface area contributed by atoms with Gasteiger partial charge in [-0.15, -0.1) is 0 Å². The lowest BCUT2D eigenvalue weighted by atomic mass is 10.1. The second-order valence-electron chi connectivity index (χ2n) is 5.09. The maximum Gasteiger partial charge on any atom is 0.196 e. The van der Waals surface area contributed by atoms with Crippen molar-refractivity contribution < 1.29 is 0 Å². The van der Waals surface area contributed by atoms with Gasteiger partial charge in [-0.3, -0.25) is 4.99 Å². The highest BCUT2D eigenvalue weighted by molar-refractivity contribution is 9.10. The van der Waals surface area contributed by atoms with Crippen LogP contribution in [0.5, 0.6) is 0 Å². The van der Waals surface area contributed by atoms with E-state index in [1.54, 1.807) is 0 Å². The van der Waals surface area contributed by atoms with Gasteiger partial charge in [0, 0.05) is 15.2 Å². The molecule has 0 aromatic heterocycles. The Bertz CT molecular complexity index is 697. The monoisotopic (exact) mass is 363 g/mol. The van der Waals surface area contributed by atoms with Gasteiger partial charge in [0.25, 0.3) is 0 Å². The van der Waals surface area contributed by atoms with Crippen LogP contribution in [0.25, 0.3) is 0 Å². The number of nitrogens with zero attached hydrogens (tertiary/aromatic N) is 2. The molecule has 0 bridgehead atoms. The summed E-state index contributed by atoms with van der Waals surface area (Å²) in [5.74, 6) is 0.547. The van der Waals surface area contributed by atoms with E-state index in [-0.39, 0.29) is 6.04 Å². The number of hydrogen-bond acceptors (Lipinski definition) is 3. The fourth-order valence-electron chi connectivity index (χ4n) is 2.52. The smallest absolute Gasteiger partial charge is 0.196 e. The molecule has 108 valence electrons. The first-order chi connectivity index (χ1) is 10.1. The Kier molecular flexibility index (Phi) is 3.91. The molecule has 0 saturated heterocycles. The summed E-state index contributed by atoms with van der Waals surface area (Å²) in [5.41, 5.74) is 9.49. The van der Waals surface area contributed by atoms with Gasteiger partial charge in [0.05, 0.1) is 12.6 Å². The summed E-state index contributed by atoms with van der Waals surface area (Å²) in [6, 6.07) is 14.2. The average Bonchev–Trinajstić information content (AvgIpc) is 2.82. The summed E-state index contributed by atoms with van der Waals surface area (Å²) in [6.07, 6.45) is 0. The zero-order valence-corrected chi connectivity index (χ0v) is 13.9. The van der Waals surface area contributed by atoms with Gasteiger partial charge in [-0.1, -0.05) is 51.3 Å². The van der Waals surface area contributed by atoms with Crippen molar-refractivity contribution in [3.8, 4) is 0 Å². The minimum atomic E-state index is 0.0827. The van der Waals surface area contributed by atoms with Crippen LogP contribution < -0.4 is 10.6 Å². The van der Waals surface area contributed by atoms with E-state index < -0.39 is 0 Å². The Morgan fingerprint density at radius 1 is 1.24 bits per heavy atom. The summed E-state index contributed by atoms with van der Waals surface area (Å²) in [7, 11) is 0. The Balaban J connectivity index is 2.00. The summed E-state index contributed by atoms with van der Waals surface area (Å²) in [5, 5.41) is 0.708. The molecule has 0 amide bonds. The van der Waals surface area contributed by atoms with Gasteiger partial charge in [0.15, 0.2) is 5.96 Å². The van der Waals surface area contributed by atoms with E-state index in [4.69, 9.17) is 17.3 Å². The van der Waals surface area contributed by atoms with Crippen LogP contribution >= 0.6 is 27.5 Å². The number of nitrogens with two attached hydrogens (primary N) is 1. The maximum atomic E-state index is 6.09. The largest absolute Gasteiger partial charge is 0.369 e. The fraction of sp³-hybridized carbons (Fsp3) is 0.188. The SMILES string of the molecule is Cc1ccc(N2C(N)=NCC2c2ccc(Cl)cc2Br)cc1. The Morgan fingerprint density at radius 3 is 2.62 bits per heavy atom. The summed E-state index contributed by atoms with van der Waals surface area (Å²) in [4.78, 5) is 6.47. The normalized spacial score (nSPS) is 18.0. The molecule has 1 unspecified atom stereocenters. The molecule has 2 aromatic carbocycles. The number of anilines is 1. The highest BCUT2D eigenvalue weighted by Crippen LogP contribution is 2.35. The highest BCUT2D eigenvalue weighted by Gasteiger charge is 2.30. The van der Waals surface area contributed by atoms with Gasteiger partial charge < -0.3 is 10.6 Å². The van der Waals surface area contributed by atoms with Crippen molar-refractivity contribution in [2.45, 2.75) is 13.0 Å². The van der Waals surface area contributed by atoms with Crippen molar-refractivity contribution in [2.75, 3.05) is 11.4 Å². The number of guanidine groups is 1. The Morgan fingerprint density at radius 2 is 1.95 bits per heavy atom. The van der Waals surface area contributed by atoms with E-state index in [1.807, 2.05) is 18.2 Å². The van der Waals surface area contributed by atoms with Crippen LogP contribution in [0.15, 0.2) is 51.9 Å². The quantitative estimate of drug-likeness (QED) is 0.864. The predicted molar refractivity (Wildman–Crippen MR) is 92.0 cm³/mol. The third-order valence-corrected chi connectivity index (χ3v) is 4.54. The molecule has 0 aliphatic carbocycles. The minimum Gasteiger partial charge on any atom is -0.369 e. The lowest BCUT2D eigenvalue weighted by Crippen LogP contribution is -2.36. The van der Waals surface area contributed by atoms with Crippen molar-refractivity contribution >= 4 is 39.2 Å². The van der Waals surface area contributed by atoms with Crippen molar-refractivity contribution in [2.24, 2.45) is 10.7 Å². The van der Waals surface area contributed by atoms with Gasteiger partial charge in [-0.2, -0.15) is 0 Å². The molecule has 3 rings (SSSR count). The van der Waals surface area contributed by atoms with E-state index in [2.05, 4.69) is 57.0 Å². The van der Waals surface area contributed by atoms with Gasteiger partial charge in [-0.25, -0.2) is 0 Å². The van der Waals surface area contributed by atoms with Crippen LogP contribution in [0.1, 0.15) is 17.2 Å². The second-order valence-corrected chi connectivity index (χ2v) is 6.38. The molecule has 2 N–H and O–H groups in total. The lowest BCUT2D eigenvalue weighted by Gasteiger charge is -2.27. The number of aryl methyl sites for hydroxylation is 1. The first kappa shape index (κ1) is 14.4. The van der Waals surface area contributed by atoms with Crippen LogP contribution in [0, 0.1) is 6.92 Å². The van der Waals surface area contributed by atoms with E-state index >= 15 is 0 Å². The molecule has 1 aliphatic rings. The third-order valence-electron chi connectivity index (χ3n) is 3.62. The standard InChI is InChI=1S/C16H15BrClN3/c1-10-2-5-12(6-3-10)21-15(9-20-16(21)19)13-7-4-11(18)8-14(13)17/h2-8,15H,9H2,1H3,(H2,19,20).